The molecule has 0 aromatic rings. The summed E-state index contributed by atoms with van der Waals surface area (Å²) < 4.78 is 15.3. The van der Waals surface area contributed by atoms with Gasteiger partial charge >= 0.3 is 5.97 Å². The van der Waals surface area contributed by atoms with E-state index in [0.29, 0.717) is 6.42 Å². The Morgan fingerprint density at radius 3 is 2.41 bits per heavy atom. The molecular formula is C16H20O6. The van der Waals surface area contributed by atoms with Crippen molar-refractivity contribution >= 4 is 17.5 Å². The summed E-state index contributed by atoms with van der Waals surface area (Å²) in [6, 6.07) is 0. The molecule has 0 aliphatic heterocycles. The number of carbonyl (C=O) groups is 3. The summed E-state index contributed by atoms with van der Waals surface area (Å²) >= 11 is 0. The van der Waals surface area contributed by atoms with Gasteiger partial charge in [-0.1, -0.05) is 18.2 Å². The molecule has 0 saturated heterocycles. The van der Waals surface area contributed by atoms with Crippen LogP contribution in [0.25, 0.3) is 0 Å². The van der Waals surface area contributed by atoms with Crippen LogP contribution < -0.4 is 0 Å². The minimum absolute atomic E-state index is 0.113. The van der Waals surface area contributed by atoms with Gasteiger partial charge in [-0.15, -0.1) is 0 Å². The third-order valence-electron chi connectivity index (χ3n) is 4.66. The van der Waals surface area contributed by atoms with Crippen LogP contribution in [0.2, 0.25) is 0 Å². The molecule has 0 aromatic heterocycles. The van der Waals surface area contributed by atoms with Crippen LogP contribution in [0.3, 0.4) is 0 Å². The summed E-state index contributed by atoms with van der Waals surface area (Å²) in [6.07, 6.45) is 6.50. The van der Waals surface area contributed by atoms with Crippen molar-refractivity contribution in [2.24, 2.45) is 17.3 Å². The van der Waals surface area contributed by atoms with E-state index >= 15 is 0 Å². The molecule has 6 nitrogen and oxygen atoms in total. The van der Waals surface area contributed by atoms with Gasteiger partial charge in [-0.25, -0.2) is 4.79 Å². The van der Waals surface area contributed by atoms with Crippen molar-refractivity contribution in [3.63, 3.8) is 0 Å². The van der Waals surface area contributed by atoms with E-state index in [9.17, 15) is 14.4 Å². The Hall–Kier alpha value is -1.79. The Labute approximate surface area is 129 Å². The van der Waals surface area contributed by atoms with Gasteiger partial charge < -0.3 is 14.2 Å². The fraction of sp³-hybridized carbons (Fsp3) is 0.562. The number of hydrogen-bond acceptors (Lipinski definition) is 6. The molecule has 3 aliphatic carbocycles. The van der Waals surface area contributed by atoms with E-state index in [1.165, 1.54) is 40.4 Å². The summed E-state index contributed by atoms with van der Waals surface area (Å²) in [6.45, 7) is 1.45. The van der Waals surface area contributed by atoms with E-state index in [1.54, 1.807) is 6.08 Å². The molecule has 3 aliphatic rings. The molecule has 2 bridgehead atoms. The Morgan fingerprint density at radius 1 is 1.27 bits per heavy atom. The number of rotatable bonds is 5. The van der Waals surface area contributed by atoms with Gasteiger partial charge in [0.25, 0.3) is 0 Å². The first-order valence-corrected chi connectivity index (χ1v) is 7.00. The maximum absolute atomic E-state index is 13.1. The number of hydrogen-bond donors (Lipinski definition) is 0. The summed E-state index contributed by atoms with van der Waals surface area (Å²) in [7, 11) is 4.05. The van der Waals surface area contributed by atoms with Gasteiger partial charge in [0.05, 0.1) is 12.5 Å². The zero-order valence-corrected chi connectivity index (χ0v) is 13.1. The summed E-state index contributed by atoms with van der Waals surface area (Å²) in [5.74, 6) is -3.39. The molecule has 0 amide bonds. The topological polar surface area (TPSA) is 78.9 Å². The second-order valence-corrected chi connectivity index (χ2v) is 5.56. The molecule has 0 unspecified atom stereocenters. The quantitative estimate of drug-likeness (QED) is 0.327. The Morgan fingerprint density at radius 2 is 1.91 bits per heavy atom. The van der Waals surface area contributed by atoms with E-state index in [2.05, 4.69) is 4.74 Å². The second kappa shape index (κ2) is 5.78. The van der Waals surface area contributed by atoms with Crippen LogP contribution in [0.15, 0.2) is 24.3 Å². The van der Waals surface area contributed by atoms with Crippen molar-refractivity contribution in [2.45, 2.75) is 19.1 Å². The summed E-state index contributed by atoms with van der Waals surface area (Å²) in [5.41, 5.74) is -1.25. The minimum atomic E-state index is -1.43. The van der Waals surface area contributed by atoms with Gasteiger partial charge in [-0.2, -0.15) is 0 Å². The number of Topliss-reactive ketones (excluding diaryl/α,β-unsaturated/α-hetero) is 2. The maximum Gasteiger partial charge on any atom is 0.330 e. The number of carbonyl (C=O) groups excluding carboxylic acids is 3. The van der Waals surface area contributed by atoms with E-state index in [4.69, 9.17) is 9.47 Å². The van der Waals surface area contributed by atoms with Crippen LogP contribution in [0.5, 0.6) is 0 Å². The number of fused-ring (bicyclic) bond motifs is 2. The highest BCUT2D eigenvalue weighted by Gasteiger charge is 2.64. The summed E-state index contributed by atoms with van der Waals surface area (Å²) in [4.78, 5) is 36.5. The van der Waals surface area contributed by atoms with Crippen LogP contribution in [-0.4, -0.2) is 44.7 Å². The smallest absolute Gasteiger partial charge is 0.330 e. The molecule has 120 valence electrons. The van der Waals surface area contributed by atoms with Crippen LogP contribution in [0.1, 0.15) is 13.3 Å². The molecule has 22 heavy (non-hydrogen) atoms. The molecule has 3 atom stereocenters. The monoisotopic (exact) mass is 308 g/mol. The van der Waals surface area contributed by atoms with Crippen LogP contribution in [0.4, 0.5) is 0 Å². The third-order valence-corrected chi connectivity index (χ3v) is 4.66. The zero-order valence-electron chi connectivity index (χ0n) is 13.1. The maximum atomic E-state index is 13.1. The SMILES string of the molecule is COC(=O)/C=C/[C@@]12C=C[C@@H](C[C@H]1C(C)=O)C(OC)(OC)C2=O. The normalized spacial score (nSPS) is 32.5. The van der Waals surface area contributed by atoms with E-state index in [1.807, 2.05) is 6.08 Å². The molecule has 0 aromatic carbocycles. The predicted molar refractivity (Wildman–Crippen MR) is 76.8 cm³/mol. The Bertz CT molecular complexity index is 557. The highest BCUT2D eigenvalue weighted by atomic mass is 16.7. The highest BCUT2D eigenvalue weighted by Crippen LogP contribution is 2.54. The van der Waals surface area contributed by atoms with Crippen molar-refractivity contribution in [3.8, 4) is 0 Å². The van der Waals surface area contributed by atoms with Crippen LogP contribution >= 0.6 is 0 Å². The standard InChI is InChI=1S/C16H20O6/c1-10(17)12-9-11-5-7-15(12,8-6-13(18)20-2)14(19)16(11,21-3)22-4/h5-8,11-12H,9H2,1-4H3/b8-6+/t11-,12-,15-/m0/s1. The molecule has 0 radical (unpaired) electrons. The lowest BCUT2D eigenvalue weighted by Gasteiger charge is -2.52. The van der Waals surface area contributed by atoms with E-state index in [0.717, 1.165) is 0 Å². The molecule has 0 heterocycles. The minimum Gasteiger partial charge on any atom is -0.466 e. The first-order chi connectivity index (χ1) is 10.4. The highest BCUT2D eigenvalue weighted by molar-refractivity contribution is 6.02. The van der Waals surface area contributed by atoms with Gasteiger partial charge in [0.15, 0.2) is 0 Å². The van der Waals surface area contributed by atoms with Gasteiger partial charge in [-0.05, 0) is 13.3 Å². The number of ether oxygens (including phenoxy) is 3. The third kappa shape index (κ3) is 2.14. The van der Waals surface area contributed by atoms with Crippen molar-refractivity contribution < 1.29 is 28.6 Å². The predicted octanol–water partition coefficient (Wildman–Crippen LogP) is 1.06. The molecular weight excluding hydrogens is 288 g/mol. The molecule has 1 fully saturated rings. The van der Waals surface area contributed by atoms with Crippen molar-refractivity contribution in [1.82, 2.24) is 0 Å². The first kappa shape index (κ1) is 16.6. The van der Waals surface area contributed by atoms with Crippen molar-refractivity contribution in [3.05, 3.63) is 24.3 Å². The number of methoxy groups -OCH3 is 3. The van der Waals surface area contributed by atoms with Gasteiger partial charge in [-0.3, -0.25) is 9.59 Å². The lowest BCUT2D eigenvalue weighted by Crippen LogP contribution is -2.64. The van der Waals surface area contributed by atoms with Crippen LogP contribution in [-0.2, 0) is 28.6 Å². The number of allylic oxidation sites excluding steroid dienone is 2. The Kier molecular flexibility index (Phi) is 4.35. The zero-order chi connectivity index (χ0) is 16.5. The fourth-order valence-corrected chi connectivity index (χ4v) is 3.50. The number of ketones is 2. The average Bonchev–Trinajstić information content (AvgIpc) is 2.54. The summed E-state index contributed by atoms with van der Waals surface area (Å²) in [5, 5.41) is 0. The number of esters is 1. The van der Waals surface area contributed by atoms with Gasteiger partial charge in [0, 0.05) is 32.1 Å². The average molecular weight is 308 g/mol. The lowest BCUT2D eigenvalue weighted by molar-refractivity contribution is -0.244. The fourth-order valence-electron chi connectivity index (χ4n) is 3.50. The Balaban J connectivity index is 2.57. The molecule has 3 rings (SSSR count). The molecule has 0 spiro atoms. The van der Waals surface area contributed by atoms with Crippen molar-refractivity contribution in [1.29, 1.82) is 0 Å². The first-order valence-electron chi connectivity index (χ1n) is 7.00. The van der Waals surface area contributed by atoms with Gasteiger partial charge in [0.1, 0.15) is 5.78 Å². The molecule has 1 saturated carbocycles. The van der Waals surface area contributed by atoms with Crippen LogP contribution in [0, 0.1) is 17.3 Å². The van der Waals surface area contributed by atoms with Gasteiger partial charge in [0.2, 0.25) is 11.6 Å². The molecule has 0 N–H and O–H groups in total. The second-order valence-electron chi connectivity index (χ2n) is 5.56. The lowest BCUT2D eigenvalue weighted by atomic mass is 9.54. The van der Waals surface area contributed by atoms with Crippen molar-refractivity contribution in [2.75, 3.05) is 21.3 Å². The van der Waals surface area contributed by atoms with E-state index in [-0.39, 0.29) is 17.5 Å². The molecule has 6 heteroatoms. The largest absolute Gasteiger partial charge is 0.466 e. The van der Waals surface area contributed by atoms with E-state index < -0.39 is 23.1 Å².